The molecular formula is C16H15F3N4O5. The molecule has 0 aliphatic carbocycles. The first-order chi connectivity index (χ1) is 13.0. The number of hydrogen-bond donors (Lipinski definition) is 1. The number of nitro groups is 1. The maximum atomic E-state index is 12.2. The topological polar surface area (TPSA) is 109 Å². The second-order valence-electron chi connectivity index (χ2n) is 6.39. The fourth-order valence-electron chi connectivity index (χ4n) is 2.65. The van der Waals surface area contributed by atoms with E-state index in [1.807, 2.05) is 0 Å². The van der Waals surface area contributed by atoms with E-state index >= 15 is 0 Å². The molecule has 0 fully saturated rings. The fraction of sp³-hybridized carbons (Fsp3) is 0.375. The van der Waals surface area contributed by atoms with E-state index in [2.05, 4.69) is 15.0 Å². The summed E-state index contributed by atoms with van der Waals surface area (Å²) in [5, 5.41) is 13.4. The largest absolute Gasteiger partial charge is 0.573 e. The smallest absolute Gasteiger partial charge is 0.438 e. The molecule has 1 unspecified atom stereocenters. The van der Waals surface area contributed by atoms with Crippen molar-refractivity contribution in [3.63, 3.8) is 0 Å². The van der Waals surface area contributed by atoms with Crippen LogP contribution in [0.15, 0.2) is 30.5 Å². The summed E-state index contributed by atoms with van der Waals surface area (Å²) in [6.45, 7) is 2.22. The zero-order valence-corrected chi connectivity index (χ0v) is 14.5. The summed E-state index contributed by atoms with van der Waals surface area (Å²) in [4.78, 5) is 26.2. The first-order valence-corrected chi connectivity index (χ1v) is 8.09. The molecule has 0 radical (unpaired) electrons. The highest BCUT2D eigenvalue weighted by molar-refractivity contribution is 5.94. The van der Waals surface area contributed by atoms with Crippen molar-refractivity contribution < 1.29 is 32.4 Å². The molecule has 28 heavy (non-hydrogen) atoms. The molecule has 0 bridgehead atoms. The summed E-state index contributed by atoms with van der Waals surface area (Å²) in [5.41, 5.74) is -0.699. The number of aromatic nitrogens is 2. The van der Waals surface area contributed by atoms with Crippen LogP contribution in [0, 0.1) is 10.1 Å². The molecule has 3 rings (SSSR count). The molecule has 0 saturated heterocycles. The van der Waals surface area contributed by atoms with Crippen LogP contribution in [0.4, 0.5) is 19.0 Å². The minimum atomic E-state index is -4.81. The van der Waals surface area contributed by atoms with E-state index in [9.17, 15) is 28.1 Å². The number of carbonyl (C=O) groups excluding carboxylic acids is 1. The van der Waals surface area contributed by atoms with Crippen molar-refractivity contribution in [2.75, 3.05) is 6.54 Å². The van der Waals surface area contributed by atoms with Crippen LogP contribution in [-0.2, 0) is 6.54 Å². The number of rotatable bonds is 5. The van der Waals surface area contributed by atoms with E-state index in [1.54, 1.807) is 6.92 Å². The van der Waals surface area contributed by atoms with Gasteiger partial charge in [0.2, 0.25) is 0 Å². The standard InChI is InChI=1S/C16H15F3N4O5/c1-15(6-7-22-8-12(23(25)26)21-14(22)28-15)9-20-13(24)10-2-4-11(5-3-10)27-16(17,18)19/h2-5,8H,6-7,9H2,1H3,(H,20,24). The van der Waals surface area contributed by atoms with Crippen LogP contribution < -0.4 is 14.8 Å². The number of halogens is 3. The predicted octanol–water partition coefficient (Wildman–Crippen LogP) is 2.66. The van der Waals surface area contributed by atoms with Crippen molar-refractivity contribution in [3.05, 3.63) is 46.1 Å². The molecule has 1 amide bonds. The second-order valence-corrected chi connectivity index (χ2v) is 6.39. The highest BCUT2D eigenvalue weighted by Crippen LogP contribution is 2.29. The highest BCUT2D eigenvalue weighted by atomic mass is 19.4. The van der Waals surface area contributed by atoms with Gasteiger partial charge in [-0.2, -0.15) is 0 Å². The number of fused-ring (bicyclic) bond motifs is 1. The van der Waals surface area contributed by atoms with Crippen LogP contribution in [0.3, 0.4) is 0 Å². The highest BCUT2D eigenvalue weighted by Gasteiger charge is 2.37. The Bertz CT molecular complexity index is 897. The van der Waals surface area contributed by atoms with E-state index in [0.29, 0.717) is 13.0 Å². The normalized spacial score (nSPS) is 18.7. The van der Waals surface area contributed by atoms with Crippen molar-refractivity contribution in [1.82, 2.24) is 14.9 Å². The zero-order chi connectivity index (χ0) is 20.5. The summed E-state index contributed by atoms with van der Waals surface area (Å²) < 4.78 is 47.4. The number of hydrogen-bond acceptors (Lipinski definition) is 6. The summed E-state index contributed by atoms with van der Waals surface area (Å²) in [6.07, 6.45) is -3.07. The van der Waals surface area contributed by atoms with Gasteiger partial charge >= 0.3 is 18.2 Å². The van der Waals surface area contributed by atoms with Crippen LogP contribution in [0.25, 0.3) is 0 Å². The van der Waals surface area contributed by atoms with Gasteiger partial charge in [0.1, 0.15) is 17.5 Å². The molecule has 1 atom stereocenters. The van der Waals surface area contributed by atoms with Gasteiger partial charge in [-0.05, 0) is 36.1 Å². The van der Waals surface area contributed by atoms with E-state index < -0.39 is 28.5 Å². The molecule has 1 aromatic heterocycles. The molecule has 150 valence electrons. The first-order valence-electron chi connectivity index (χ1n) is 8.09. The molecular weight excluding hydrogens is 385 g/mol. The monoisotopic (exact) mass is 400 g/mol. The number of nitrogens with zero attached hydrogens (tertiary/aromatic N) is 3. The molecule has 2 heterocycles. The number of imidazole rings is 1. The van der Waals surface area contributed by atoms with Crippen molar-refractivity contribution in [2.45, 2.75) is 31.9 Å². The summed E-state index contributed by atoms with van der Waals surface area (Å²) in [7, 11) is 0. The molecule has 1 aromatic carbocycles. The van der Waals surface area contributed by atoms with Crippen molar-refractivity contribution >= 4 is 11.7 Å². The van der Waals surface area contributed by atoms with Crippen LogP contribution in [0.5, 0.6) is 11.8 Å². The number of carbonyl (C=O) groups is 1. The number of ether oxygens (including phenoxy) is 2. The summed E-state index contributed by atoms with van der Waals surface area (Å²) >= 11 is 0. The lowest BCUT2D eigenvalue weighted by Gasteiger charge is -2.32. The molecule has 1 aliphatic heterocycles. The quantitative estimate of drug-likeness (QED) is 0.611. The van der Waals surface area contributed by atoms with Crippen LogP contribution in [-0.4, -0.2) is 38.9 Å². The van der Waals surface area contributed by atoms with Crippen LogP contribution in [0.1, 0.15) is 23.7 Å². The fourth-order valence-corrected chi connectivity index (χ4v) is 2.65. The van der Waals surface area contributed by atoms with Gasteiger partial charge < -0.3 is 24.9 Å². The van der Waals surface area contributed by atoms with E-state index in [0.717, 1.165) is 12.1 Å². The Morgan fingerprint density at radius 2 is 2.11 bits per heavy atom. The molecule has 1 aliphatic rings. The van der Waals surface area contributed by atoms with Crippen molar-refractivity contribution in [2.24, 2.45) is 0 Å². The maximum Gasteiger partial charge on any atom is 0.573 e. The van der Waals surface area contributed by atoms with Gasteiger partial charge in [0.15, 0.2) is 0 Å². The van der Waals surface area contributed by atoms with Crippen molar-refractivity contribution in [1.29, 1.82) is 0 Å². The summed E-state index contributed by atoms with van der Waals surface area (Å²) in [5.74, 6) is -1.27. The SMILES string of the molecule is CC1(CNC(=O)c2ccc(OC(F)(F)F)cc2)CCn2cc([N+](=O)[O-])nc2O1. The van der Waals surface area contributed by atoms with Gasteiger partial charge in [-0.3, -0.25) is 9.36 Å². The molecule has 0 saturated carbocycles. The Balaban J connectivity index is 1.60. The number of benzene rings is 1. The zero-order valence-electron chi connectivity index (χ0n) is 14.5. The van der Waals surface area contributed by atoms with E-state index in [-0.39, 0.29) is 23.9 Å². The van der Waals surface area contributed by atoms with Gasteiger partial charge in [-0.25, -0.2) is 0 Å². The van der Waals surface area contributed by atoms with E-state index in [1.165, 1.54) is 22.9 Å². The minimum absolute atomic E-state index is 0.0767. The van der Waals surface area contributed by atoms with Gasteiger partial charge in [0, 0.05) is 23.5 Å². The Hall–Kier alpha value is -3.31. The minimum Gasteiger partial charge on any atom is -0.438 e. The number of alkyl halides is 3. The van der Waals surface area contributed by atoms with Crippen LogP contribution >= 0.6 is 0 Å². The van der Waals surface area contributed by atoms with Crippen molar-refractivity contribution in [3.8, 4) is 11.8 Å². The average Bonchev–Trinajstić information content (AvgIpc) is 3.02. The molecule has 12 heteroatoms. The van der Waals surface area contributed by atoms with E-state index in [4.69, 9.17) is 4.74 Å². The third-order valence-electron chi connectivity index (χ3n) is 4.11. The van der Waals surface area contributed by atoms with Gasteiger partial charge in [-0.15, -0.1) is 13.2 Å². The Kier molecular flexibility index (Phi) is 4.87. The number of amides is 1. The lowest BCUT2D eigenvalue weighted by Crippen LogP contribution is -2.48. The predicted molar refractivity (Wildman–Crippen MR) is 88.0 cm³/mol. The second kappa shape index (κ2) is 7.02. The lowest BCUT2D eigenvalue weighted by molar-refractivity contribution is -0.389. The Labute approximate surface area is 156 Å². The molecule has 9 nitrogen and oxygen atoms in total. The van der Waals surface area contributed by atoms with Gasteiger partial charge in [-0.1, -0.05) is 0 Å². The number of aryl methyl sites for hydroxylation is 1. The number of nitrogens with one attached hydrogen (secondary N) is 1. The van der Waals surface area contributed by atoms with Crippen LogP contribution in [0.2, 0.25) is 0 Å². The molecule has 1 N–H and O–H groups in total. The van der Waals surface area contributed by atoms with Gasteiger partial charge in [0.05, 0.1) is 6.54 Å². The molecule has 0 spiro atoms. The third-order valence-corrected chi connectivity index (χ3v) is 4.11. The maximum absolute atomic E-state index is 12.2. The molecule has 2 aromatic rings. The lowest BCUT2D eigenvalue weighted by atomic mass is 10.0. The average molecular weight is 400 g/mol. The Morgan fingerprint density at radius 3 is 2.71 bits per heavy atom. The summed E-state index contributed by atoms with van der Waals surface area (Å²) in [6, 6.07) is 4.57. The Morgan fingerprint density at radius 1 is 1.43 bits per heavy atom. The first kappa shape index (κ1) is 19.5. The third kappa shape index (κ3) is 4.50. The van der Waals surface area contributed by atoms with Gasteiger partial charge in [0.25, 0.3) is 5.91 Å².